The number of hydrogen-bond acceptors (Lipinski definition) is 2. The van der Waals surface area contributed by atoms with E-state index in [1.165, 1.54) is 0 Å². The average Bonchev–Trinajstić information content (AvgIpc) is 2.39. The molecule has 0 aliphatic rings. The van der Waals surface area contributed by atoms with Gasteiger partial charge in [-0.3, -0.25) is 4.79 Å². The molecule has 0 spiro atoms. The summed E-state index contributed by atoms with van der Waals surface area (Å²) >= 11 is 0. The van der Waals surface area contributed by atoms with Gasteiger partial charge in [-0.05, 0) is 36.8 Å². The number of benzene rings is 2. The fourth-order valence-electron chi connectivity index (χ4n) is 1.61. The summed E-state index contributed by atoms with van der Waals surface area (Å²) in [4.78, 5) is 10.9. The SMILES string of the molecule is CC(C(=O)O)c1cccc(Oc2ccccc2)c1.O.[CaH2]. The van der Waals surface area contributed by atoms with E-state index in [1.807, 2.05) is 36.4 Å². The van der Waals surface area contributed by atoms with Crippen molar-refractivity contribution in [3.05, 3.63) is 60.2 Å². The molecular formula is C15H18CaO4. The number of carbonyl (C=O) groups is 1. The fraction of sp³-hybridized carbons (Fsp3) is 0.133. The Kier molecular flexibility index (Phi) is 8.49. The van der Waals surface area contributed by atoms with Gasteiger partial charge in [-0.1, -0.05) is 30.3 Å². The van der Waals surface area contributed by atoms with Crippen LogP contribution in [0.5, 0.6) is 11.5 Å². The first-order valence-electron chi connectivity index (χ1n) is 5.72. The maximum absolute atomic E-state index is 10.9. The Morgan fingerprint density at radius 2 is 1.65 bits per heavy atom. The average molecular weight is 302 g/mol. The van der Waals surface area contributed by atoms with E-state index >= 15 is 0 Å². The minimum absolute atomic E-state index is 0. The molecule has 0 heterocycles. The molecule has 1 unspecified atom stereocenters. The van der Waals surface area contributed by atoms with E-state index in [0.717, 1.165) is 11.3 Å². The molecule has 0 aromatic heterocycles. The molecule has 0 radical (unpaired) electrons. The van der Waals surface area contributed by atoms with Crippen LogP contribution in [0.15, 0.2) is 54.6 Å². The number of para-hydroxylation sites is 1. The van der Waals surface area contributed by atoms with Crippen molar-refractivity contribution in [2.75, 3.05) is 0 Å². The summed E-state index contributed by atoms with van der Waals surface area (Å²) in [7, 11) is 0. The van der Waals surface area contributed by atoms with Crippen LogP contribution in [0.2, 0.25) is 0 Å². The van der Waals surface area contributed by atoms with Gasteiger partial charge in [-0.2, -0.15) is 0 Å². The van der Waals surface area contributed by atoms with E-state index in [-0.39, 0.29) is 43.2 Å². The zero-order valence-corrected chi connectivity index (χ0v) is 10.5. The molecule has 5 heteroatoms. The third-order valence-corrected chi connectivity index (χ3v) is 2.71. The monoisotopic (exact) mass is 302 g/mol. The zero-order valence-electron chi connectivity index (χ0n) is 10.5. The topological polar surface area (TPSA) is 78.0 Å². The second-order valence-corrected chi connectivity index (χ2v) is 4.05. The molecule has 0 aliphatic heterocycles. The molecule has 2 rings (SSSR count). The molecule has 0 saturated carbocycles. The third-order valence-electron chi connectivity index (χ3n) is 2.71. The Morgan fingerprint density at radius 1 is 1.05 bits per heavy atom. The Labute approximate surface area is 147 Å². The van der Waals surface area contributed by atoms with E-state index in [0.29, 0.717) is 5.75 Å². The summed E-state index contributed by atoms with van der Waals surface area (Å²) in [5, 5.41) is 8.98. The van der Waals surface area contributed by atoms with Crippen molar-refractivity contribution in [1.29, 1.82) is 0 Å². The second kappa shape index (κ2) is 8.97. The normalized spacial score (nSPS) is 10.7. The molecule has 2 aromatic rings. The first-order chi connectivity index (χ1) is 8.66. The molecule has 104 valence electrons. The van der Waals surface area contributed by atoms with Crippen LogP contribution in [0.4, 0.5) is 0 Å². The van der Waals surface area contributed by atoms with Crippen LogP contribution < -0.4 is 4.74 Å². The summed E-state index contributed by atoms with van der Waals surface area (Å²) in [5.41, 5.74) is 0.732. The fourth-order valence-corrected chi connectivity index (χ4v) is 1.61. The van der Waals surface area contributed by atoms with Gasteiger partial charge in [-0.25, -0.2) is 0 Å². The van der Waals surface area contributed by atoms with Gasteiger partial charge in [0.05, 0.1) is 5.92 Å². The van der Waals surface area contributed by atoms with Gasteiger partial charge in [0.25, 0.3) is 0 Å². The summed E-state index contributed by atoms with van der Waals surface area (Å²) in [5.74, 6) is 0.000567. The molecule has 0 amide bonds. The van der Waals surface area contributed by atoms with E-state index in [2.05, 4.69) is 0 Å². The zero-order chi connectivity index (χ0) is 13.0. The van der Waals surface area contributed by atoms with Crippen molar-refractivity contribution in [3.63, 3.8) is 0 Å². The summed E-state index contributed by atoms with van der Waals surface area (Å²) in [6.07, 6.45) is 0. The van der Waals surface area contributed by atoms with Gasteiger partial charge in [-0.15, -0.1) is 0 Å². The summed E-state index contributed by atoms with van der Waals surface area (Å²) in [6.45, 7) is 1.66. The predicted octanol–water partition coefficient (Wildman–Crippen LogP) is 1.93. The van der Waals surface area contributed by atoms with E-state index in [9.17, 15) is 4.79 Å². The molecule has 0 saturated heterocycles. The van der Waals surface area contributed by atoms with Crippen molar-refractivity contribution in [3.8, 4) is 11.5 Å². The number of carboxylic acid groups (broad SMARTS) is 1. The van der Waals surface area contributed by atoms with Crippen molar-refractivity contribution < 1.29 is 20.1 Å². The molecule has 0 fully saturated rings. The van der Waals surface area contributed by atoms with Gasteiger partial charge >= 0.3 is 43.7 Å². The number of carboxylic acids is 1. The number of aliphatic carboxylic acids is 1. The van der Waals surface area contributed by atoms with Crippen LogP contribution in [0, 0.1) is 0 Å². The van der Waals surface area contributed by atoms with Crippen LogP contribution >= 0.6 is 0 Å². The number of rotatable bonds is 4. The molecule has 20 heavy (non-hydrogen) atoms. The van der Waals surface area contributed by atoms with Gasteiger partial charge in [0.15, 0.2) is 0 Å². The van der Waals surface area contributed by atoms with Gasteiger partial charge in [0.2, 0.25) is 0 Å². The van der Waals surface area contributed by atoms with Gasteiger partial charge in [0, 0.05) is 0 Å². The predicted molar refractivity (Wildman–Crippen MR) is 81.2 cm³/mol. The Bertz CT molecular complexity index is 543. The first-order valence-corrected chi connectivity index (χ1v) is 5.72. The molecule has 4 nitrogen and oxygen atoms in total. The maximum atomic E-state index is 10.9. The third kappa shape index (κ3) is 5.13. The van der Waals surface area contributed by atoms with E-state index < -0.39 is 11.9 Å². The van der Waals surface area contributed by atoms with Crippen LogP contribution in [-0.4, -0.2) is 54.3 Å². The summed E-state index contributed by atoms with van der Waals surface area (Å²) in [6, 6.07) is 16.6. The first kappa shape index (κ1) is 18.9. The minimum atomic E-state index is -0.841. The number of ether oxygens (including phenoxy) is 1. The Morgan fingerprint density at radius 3 is 2.25 bits per heavy atom. The van der Waals surface area contributed by atoms with Crippen LogP contribution in [0.3, 0.4) is 0 Å². The molecule has 3 N–H and O–H groups in total. The van der Waals surface area contributed by atoms with Crippen LogP contribution in [-0.2, 0) is 4.79 Å². The Hall–Kier alpha value is -1.07. The molecular weight excluding hydrogens is 284 g/mol. The van der Waals surface area contributed by atoms with Crippen molar-refractivity contribution in [2.24, 2.45) is 0 Å². The van der Waals surface area contributed by atoms with E-state index in [1.54, 1.807) is 25.1 Å². The van der Waals surface area contributed by atoms with Gasteiger partial charge < -0.3 is 15.3 Å². The van der Waals surface area contributed by atoms with Crippen molar-refractivity contribution in [1.82, 2.24) is 0 Å². The van der Waals surface area contributed by atoms with Crippen molar-refractivity contribution >= 4 is 43.7 Å². The number of hydrogen-bond donors (Lipinski definition) is 1. The van der Waals surface area contributed by atoms with Gasteiger partial charge in [0.1, 0.15) is 11.5 Å². The molecule has 0 aliphatic carbocycles. The molecule has 1 atom stereocenters. The summed E-state index contributed by atoms with van der Waals surface area (Å²) < 4.78 is 5.66. The second-order valence-electron chi connectivity index (χ2n) is 4.05. The van der Waals surface area contributed by atoms with Crippen LogP contribution in [0.25, 0.3) is 0 Å². The van der Waals surface area contributed by atoms with Crippen molar-refractivity contribution in [2.45, 2.75) is 12.8 Å². The standard InChI is InChI=1S/C15H14O3.Ca.H2O.2H/c1-11(15(16)17)12-6-5-9-14(10-12)18-13-7-3-2-4-8-13;;;;/h2-11H,1H3,(H,16,17);;1H2;;. The quantitative estimate of drug-likeness (QED) is 0.877. The Balaban J connectivity index is 0.00000180. The molecule has 0 bridgehead atoms. The van der Waals surface area contributed by atoms with Crippen LogP contribution in [0.1, 0.15) is 18.4 Å². The van der Waals surface area contributed by atoms with E-state index in [4.69, 9.17) is 9.84 Å². The molecule has 2 aromatic carbocycles.